The van der Waals surface area contributed by atoms with Crippen LogP contribution >= 0.6 is 11.3 Å². The highest BCUT2D eigenvalue weighted by Crippen LogP contribution is 2.41. The molecule has 4 N–H and O–H groups in total. The first-order valence-corrected chi connectivity index (χ1v) is 12.0. The van der Waals surface area contributed by atoms with Crippen molar-refractivity contribution in [2.24, 2.45) is 9.50 Å². The number of hydrogen-bond acceptors (Lipinski definition) is 6. The fourth-order valence-electron chi connectivity index (χ4n) is 3.92. The summed E-state index contributed by atoms with van der Waals surface area (Å²) in [7, 11) is -3.51. The number of carbonyl (C=O) groups is 1. The predicted molar refractivity (Wildman–Crippen MR) is 112 cm³/mol. The van der Waals surface area contributed by atoms with Gasteiger partial charge < -0.3 is 10.4 Å². The van der Waals surface area contributed by atoms with Crippen molar-refractivity contribution >= 4 is 33.0 Å². The number of pyridine rings is 1. The van der Waals surface area contributed by atoms with E-state index in [0.717, 1.165) is 71.6 Å². The molecular formula is C19H25N5O3S2. The largest absolute Gasteiger partial charge is 0.385 e. The van der Waals surface area contributed by atoms with Crippen LogP contribution < -0.4 is 10.5 Å². The monoisotopic (exact) mass is 435 g/mol. The zero-order valence-electron chi connectivity index (χ0n) is 16.7. The molecular weight excluding hydrogens is 410 g/mol. The van der Waals surface area contributed by atoms with Crippen LogP contribution in [0.25, 0.3) is 0 Å². The molecule has 4 rings (SSSR count). The molecule has 8 nitrogen and oxygen atoms in total. The Balaban J connectivity index is 1.66. The van der Waals surface area contributed by atoms with Crippen molar-refractivity contribution in [1.82, 2.24) is 9.97 Å². The van der Waals surface area contributed by atoms with Gasteiger partial charge >= 0.3 is 6.03 Å². The molecule has 10 heteroatoms. The molecule has 0 saturated carbocycles. The average molecular weight is 436 g/mol. The number of aryl methyl sites for hydroxylation is 1. The number of carbonyl (C=O) groups excluding carboxylic acids is 1. The van der Waals surface area contributed by atoms with Crippen molar-refractivity contribution in [3.05, 3.63) is 33.6 Å². The Labute approximate surface area is 174 Å². The molecule has 2 unspecified atom stereocenters. The van der Waals surface area contributed by atoms with E-state index in [1.165, 1.54) is 6.20 Å². The van der Waals surface area contributed by atoms with Crippen molar-refractivity contribution in [2.75, 3.05) is 5.32 Å². The lowest BCUT2D eigenvalue weighted by molar-refractivity contribution is 0.0823. The van der Waals surface area contributed by atoms with Gasteiger partial charge in [-0.25, -0.2) is 19.1 Å². The van der Waals surface area contributed by atoms with Gasteiger partial charge in [-0.05, 0) is 63.0 Å². The normalized spacial score (nSPS) is 20.1. The fraction of sp³-hybridized carbons (Fsp3) is 0.526. The van der Waals surface area contributed by atoms with E-state index in [-0.39, 0.29) is 4.34 Å². The minimum atomic E-state index is -3.51. The maximum Gasteiger partial charge on any atom is 0.354 e. The van der Waals surface area contributed by atoms with Gasteiger partial charge in [0.15, 0.2) is 9.92 Å². The van der Waals surface area contributed by atoms with Crippen LogP contribution in [0.3, 0.4) is 0 Å². The highest BCUT2D eigenvalue weighted by atomic mass is 32.2. The summed E-state index contributed by atoms with van der Waals surface area (Å²) in [5.41, 5.74) is 3.84. The third-order valence-corrected chi connectivity index (χ3v) is 8.55. The standard InChI is InChI=1S/C19H25N5O3S2/c1-10-7-8-12-15(10)22-13-6-4-5-11(13)16(12)23-17(25)24-29(20,27)18-21-9-14(28-18)19(2,3)26/h9-10,26H,4-8H2,1-3H3,(H3,20,22,23,24,25,27). The number of rotatable bonds is 3. The number of amides is 2. The smallest absolute Gasteiger partial charge is 0.354 e. The van der Waals surface area contributed by atoms with Crippen molar-refractivity contribution < 1.29 is 14.1 Å². The van der Waals surface area contributed by atoms with Crippen molar-refractivity contribution in [2.45, 2.75) is 68.7 Å². The first-order valence-electron chi connectivity index (χ1n) is 9.65. The van der Waals surface area contributed by atoms with Crippen LogP contribution in [-0.2, 0) is 34.8 Å². The number of fused-ring (bicyclic) bond motifs is 2. The molecule has 2 atom stereocenters. The molecule has 2 aromatic rings. The predicted octanol–water partition coefficient (Wildman–Crippen LogP) is 3.24. The number of nitrogens with one attached hydrogen (secondary N) is 1. The molecule has 2 heterocycles. The first kappa shape index (κ1) is 20.4. The quantitative estimate of drug-likeness (QED) is 0.681. The van der Waals surface area contributed by atoms with E-state index in [9.17, 15) is 14.1 Å². The van der Waals surface area contributed by atoms with Crippen LogP contribution in [-0.4, -0.2) is 25.3 Å². The van der Waals surface area contributed by atoms with Gasteiger partial charge in [0.1, 0.15) is 0 Å². The highest BCUT2D eigenvalue weighted by Gasteiger charge is 2.30. The SMILES string of the molecule is CC1CCc2c1nc1c(c2NC(=O)N=S(N)(=O)c2ncc(C(C)(C)O)s2)CCC1. The lowest BCUT2D eigenvalue weighted by atomic mass is 10.0. The molecule has 2 aliphatic rings. The maximum atomic E-state index is 12.9. The van der Waals surface area contributed by atoms with Crippen molar-refractivity contribution in [3.8, 4) is 0 Å². The summed E-state index contributed by atoms with van der Waals surface area (Å²) in [6.45, 7) is 5.33. The molecule has 0 aliphatic heterocycles. The minimum Gasteiger partial charge on any atom is -0.385 e. The Kier molecular flexibility index (Phi) is 5.01. The van der Waals surface area contributed by atoms with E-state index in [4.69, 9.17) is 10.1 Å². The summed E-state index contributed by atoms with van der Waals surface area (Å²) in [6.07, 6.45) is 6.03. The third-order valence-electron chi connectivity index (χ3n) is 5.44. The Hall–Kier alpha value is -1.88. The van der Waals surface area contributed by atoms with Gasteiger partial charge in [0.2, 0.25) is 4.34 Å². The number of urea groups is 1. The second-order valence-electron chi connectivity index (χ2n) is 8.21. The van der Waals surface area contributed by atoms with Gasteiger partial charge in [0, 0.05) is 17.6 Å². The summed E-state index contributed by atoms with van der Waals surface area (Å²) in [5.74, 6) is 0.359. The topological polar surface area (TPSA) is 131 Å². The van der Waals surface area contributed by atoms with Crippen LogP contribution in [0.1, 0.15) is 66.9 Å². The molecule has 0 saturated heterocycles. The number of nitrogens with zero attached hydrogens (tertiary/aromatic N) is 3. The molecule has 0 fully saturated rings. The second-order valence-corrected chi connectivity index (χ2v) is 11.2. The number of aromatic nitrogens is 2. The van der Waals surface area contributed by atoms with E-state index in [2.05, 4.69) is 21.6 Å². The van der Waals surface area contributed by atoms with E-state index < -0.39 is 21.5 Å². The zero-order valence-corrected chi connectivity index (χ0v) is 18.3. The number of aliphatic hydroxyl groups is 1. The molecule has 0 spiro atoms. The Morgan fingerprint density at radius 3 is 2.83 bits per heavy atom. The maximum absolute atomic E-state index is 12.9. The number of hydrogen-bond donors (Lipinski definition) is 3. The molecule has 0 aromatic carbocycles. The Morgan fingerprint density at radius 1 is 1.38 bits per heavy atom. The summed E-state index contributed by atoms with van der Waals surface area (Å²) in [4.78, 5) is 22.0. The third kappa shape index (κ3) is 3.81. The molecule has 0 radical (unpaired) electrons. The lowest BCUT2D eigenvalue weighted by Gasteiger charge is -2.15. The Morgan fingerprint density at radius 2 is 2.14 bits per heavy atom. The first-order chi connectivity index (χ1) is 13.6. The van der Waals surface area contributed by atoms with Crippen molar-refractivity contribution in [3.63, 3.8) is 0 Å². The summed E-state index contributed by atoms with van der Waals surface area (Å²) >= 11 is 0.990. The van der Waals surface area contributed by atoms with Gasteiger partial charge in [-0.1, -0.05) is 6.92 Å². The van der Waals surface area contributed by atoms with Crippen LogP contribution in [0.5, 0.6) is 0 Å². The van der Waals surface area contributed by atoms with E-state index in [1.54, 1.807) is 13.8 Å². The molecule has 29 heavy (non-hydrogen) atoms. The summed E-state index contributed by atoms with van der Waals surface area (Å²) < 4.78 is 16.6. The van der Waals surface area contributed by atoms with Gasteiger partial charge in [0.25, 0.3) is 0 Å². The van der Waals surface area contributed by atoms with Gasteiger partial charge in [-0.15, -0.1) is 15.7 Å². The number of nitrogens with two attached hydrogens (primary N) is 1. The minimum absolute atomic E-state index is 0.0172. The Bertz CT molecular complexity index is 1110. The van der Waals surface area contributed by atoms with Gasteiger partial charge in [0.05, 0.1) is 16.2 Å². The van der Waals surface area contributed by atoms with Crippen molar-refractivity contribution in [1.29, 1.82) is 0 Å². The molecule has 156 valence electrons. The summed E-state index contributed by atoms with van der Waals surface area (Å²) in [5, 5.41) is 18.8. The highest BCUT2D eigenvalue weighted by molar-refractivity contribution is 7.93. The van der Waals surface area contributed by atoms with Gasteiger partial charge in [-0.3, -0.25) is 4.98 Å². The van der Waals surface area contributed by atoms with E-state index >= 15 is 0 Å². The number of thiazole rings is 1. The van der Waals surface area contributed by atoms with E-state index in [1.807, 2.05) is 0 Å². The van der Waals surface area contributed by atoms with Crippen LogP contribution in [0.4, 0.5) is 10.5 Å². The average Bonchev–Trinajstić information content (AvgIpc) is 3.33. The second kappa shape index (κ2) is 7.12. The van der Waals surface area contributed by atoms with Crippen LogP contribution in [0, 0.1) is 0 Å². The van der Waals surface area contributed by atoms with Crippen LogP contribution in [0.15, 0.2) is 14.9 Å². The van der Waals surface area contributed by atoms with Crippen LogP contribution in [0.2, 0.25) is 0 Å². The van der Waals surface area contributed by atoms with E-state index in [0.29, 0.717) is 10.8 Å². The molecule has 2 aromatic heterocycles. The molecule has 2 aliphatic carbocycles. The van der Waals surface area contributed by atoms with Gasteiger partial charge in [-0.2, -0.15) is 0 Å². The number of anilines is 1. The molecule has 0 bridgehead atoms. The fourth-order valence-corrected chi connectivity index (χ4v) is 6.00. The zero-order chi connectivity index (χ0) is 21.0. The summed E-state index contributed by atoms with van der Waals surface area (Å²) in [6, 6.07) is -0.750. The molecule has 2 amide bonds. The lowest BCUT2D eigenvalue weighted by Crippen LogP contribution is -2.19.